The van der Waals surface area contributed by atoms with E-state index >= 15 is 0 Å². The summed E-state index contributed by atoms with van der Waals surface area (Å²) >= 11 is 0. The van der Waals surface area contributed by atoms with Gasteiger partial charge < -0.3 is 58.5 Å². The molecule has 3 aliphatic heterocycles. The van der Waals surface area contributed by atoms with E-state index < -0.39 is 96.1 Å². The molecule has 6 rings (SSSR count). The molecule has 11 N–H and O–H groups in total. The SMILES string of the molecule is C[C@@H]1NC(=O)[C@H](CN)NC(=O)[C@H](Cc2ccccc2)NC(=O)CN(Cc2ccccc2)C(=O)[C@H](CCCN=C(N)N)NC(=O)[C@@H]2CCCN2C(=O)[C@H]2CCCN2C(=O)[C@H](Cc2ccccc2)NC1=O. The molecule has 0 radical (unpaired) electrons. The lowest BCUT2D eigenvalue weighted by molar-refractivity contribution is -0.148. The first-order valence-electron chi connectivity index (χ1n) is 23.5. The lowest BCUT2D eigenvalue weighted by Gasteiger charge is -2.34. The van der Waals surface area contributed by atoms with Gasteiger partial charge in [-0.1, -0.05) is 91.0 Å². The molecule has 3 saturated heterocycles. The fourth-order valence-corrected chi connectivity index (χ4v) is 8.95. The Labute approximate surface area is 401 Å². The molecule has 69 heavy (non-hydrogen) atoms. The topological polar surface area (TPSA) is 297 Å². The fourth-order valence-electron chi connectivity index (χ4n) is 8.95. The summed E-state index contributed by atoms with van der Waals surface area (Å²) in [5.41, 5.74) is 19.3. The van der Waals surface area contributed by atoms with Gasteiger partial charge in [0.15, 0.2) is 5.96 Å². The van der Waals surface area contributed by atoms with Crippen LogP contribution in [0.3, 0.4) is 0 Å². The van der Waals surface area contributed by atoms with Crippen LogP contribution in [0.2, 0.25) is 0 Å². The van der Waals surface area contributed by atoms with Gasteiger partial charge >= 0.3 is 0 Å². The van der Waals surface area contributed by atoms with E-state index in [1.54, 1.807) is 84.9 Å². The van der Waals surface area contributed by atoms with E-state index in [0.717, 1.165) is 5.56 Å². The minimum Gasteiger partial charge on any atom is -0.370 e. The Morgan fingerprint density at radius 3 is 1.70 bits per heavy atom. The largest absolute Gasteiger partial charge is 0.370 e. The molecule has 3 aliphatic rings. The number of rotatable bonds is 11. The zero-order chi connectivity index (χ0) is 49.5. The van der Waals surface area contributed by atoms with Crippen molar-refractivity contribution >= 4 is 53.2 Å². The summed E-state index contributed by atoms with van der Waals surface area (Å²) in [6.07, 6.45) is 1.92. The Morgan fingerprint density at radius 2 is 1.10 bits per heavy atom. The van der Waals surface area contributed by atoms with Crippen molar-refractivity contribution in [3.63, 3.8) is 0 Å². The molecule has 20 nitrogen and oxygen atoms in total. The minimum atomic E-state index is -1.36. The molecule has 0 aromatic heterocycles. The summed E-state index contributed by atoms with van der Waals surface area (Å²) in [6, 6.07) is 18.6. The Morgan fingerprint density at radius 1 is 0.580 bits per heavy atom. The number of fused-ring (bicyclic) bond motifs is 2. The van der Waals surface area contributed by atoms with Crippen LogP contribution >= 0.6 is 0 Å². The number of guanidine groups is 1. The maximum atomic E-state index is 14.8. The van der Waals surface area contributed by atoms with Gasteiger partial charge in [0.1, 0.15) is 42.3 Å². The second-order valence-electron chi connectivity index (χ2n) is 17.7. The second kappa shape index (κ2) is 24.6. The highest BCUT2D eigenvalue weighted by atomic mass is 16.2. The Hall–Kier alpha value is -7.35. The summed E-state index contributed by atoms with van der Waals surface area (Å²) in [6.45, 7) is 0.997. The van der Waals surface area contributed by atoms with Crippen LogP contribution in [-0.4, -0.2) is 143 Å². The van der Waals surface area contributed by atoms with Crippen LogP contribution in [0.4, 0.5) is 0 Å². The first-order chi connectivity index (χ1) is 33.2. The molecule has 0 bridgehead atoms. The molecule has 368 valence electrons. The Balaban J connectivity index is 1.37. The molecule has 0 spiro atoms. The molecule has 3 fully saturated rings. The average Bonchev–Trinajstić information content (AvgIpc) is 4.05. The molecule has 0 saturated carbocycles. The first-order valence-corrected chi connectivity index (χ1v) is 23.5. The highest BCUT2D eigenvalue weighted by Gasteiger charge is 2.44. The Kier molecular flexibility index (Phi) is 18.2. The quantitative estimate of drug-likeness (QED) is 0.0652. The summed E-state index contributed by atoms with van der Waals surface area (Å²) in [5, 5.41) is 13.7. The molecule has 20 heteroatoms. The second-order valence-corrected chi connectivity index (χ2v) is 17.7. The third-order valence-electron chi connectivity index (χ3n) is 12.5. The van der Waals surface area contributed by atoms with Crippen molar-refractivity contribution in [1.82, 2.24) is 41.3 Å². The van der Waals surface area contributed by atoms with Crippen LogP contribution in [0.15, 0.2) is 96.0 Å². The number of nitrogens with two attached hydrogens (primary N) is 3. The maximum Gasteiger partial charge on any atom is 0.246 e. The highest BCUT2D eigenvalue weighted by Crippen LogP contribution is 2.27. The summed E-state index contributed by atoms with van der Waals surface area (Å²) in [7, 11) is 0. The van der Waals surface area contributed by atoms with Gasteiger partial charge in [-0.15, -0.1) is 0 Å². The molecule has 3 heterocycles. The third kappa shape index (κ3) is 14.1. The van der Waals surface area contributed by atoms with Gasteiger partial charge in [0, 0.05) is 45.6 Å². The number of amides is 8. The van der Waals surface area contributed by atoms with Gasteiger partial charge in [-0.25, -0.2) is 0 Å². The number of benzene rings is 3. The minimum absolute atomic E-state index is 0.0163. The van der Waals surface area contributed by atoms with Crippen LogP contribution in [0.25, 0.3) is 0 Å². The summed E-state index contributed by atoms with van der Waals surface area (Å²) in [4.78, 5) is 123. The molecule has 0 unspecified atom stereocenters. The molecule has 0 aliphatic carbocycles. The zero-order valence-electron chi connectivity index (χ0n) is 38.9. The number of carbonyl (C=O) groups is 8. The normalized spacial score (nSPS) is 24.8. The molecule has 7 atom stereocenters. The first kappa shape index (κ1) is 51.0. The van der Waals surface area contributed by atoms with Crippen molar-refractivity contribution < 1.29 is 38.4 Å². The van der Waals surface area contributed by atoms with E-state index in [-0.39, 0.29) is 70.8 Å². The van der Waals surface area contributed by atoms with E-state index in [0.29, 0.717) is 30.4 Å². The van der Waals surface area contributed by atoms with Crippen LogP contribution in [0.5, 0.6) is 0 Å². The smallest absolute Gasteiger partial charge is 0.246 e. The van der Waals surface area contributed by atoms with Crippen molar-refractivity contribution in [2.45, 2.75) is 107 Å². The van der Waals surface area contributed by atoms with Crippen LogP contribution in [0.1, 0.15) is 62.1 Å². The van der Waals surface area contributed by atoms with Gasteiger partial charge in [-0.2, -0.15) is 0 Å². The van der Waals surface area contributed by atoms with Crippen molar-refractivity contribution in [1.29, 1.82) is 0 Å². The lowest BCUT2D eigenvalue weighted by Crippen LogP contribution is -2.61. The van der Waals surface area contributed by atoms with Gasteiger partial charge in [-0.05, 0) is 62.1 Å². The van der Waals surface area contributed by atoms with Gasteiger partial charge in [0.25, 0.3) is 0 Å². The fraction of sp³-hybridized carbons (Fsp3) is 0.449. The van der Waals surface area contributed by atoms with Crippen molar-refractivity contribution in [2.75, 3.05) is 32.7 Å². The van der Waals surface area contributed by atoms with E-state index in [1.165, 1.54) is 21.6 Å². The highest BCUT2D eigenvalue weighted by molar-refractivity contribution is 5.99. The monoisotopic (exact) mass is 948 g/mol. The van der Waals surface area contributed by atoms with Crippen LogP contribution in [0, 0.1) is 0 Å². The number of nitrogens with one attached hydrogen (secondary N) is 5. The van der Waals surface area contributed by atoms with E-state index in [1.807, 2.05) is 6.07 Å². The van der Waals surface area contributed by atoms with Crippen LogP contribution < -0.4 is 43.8 Å². The zero-order valence-corrected chi connectivity index (χ0v) is 38.9. The average molecular weight is 949 g/mol. The number of aliphatic imine (C=N–C) groups is 1. The predicted octanol–water partition coefficient (Wildman–Crippen LogP) is -1.05. The number of nitrogens with zero attached hydrogens (tertiary/aromatic N) is 4. The lowest BCUT2D eigenvalue weighted by atomic mass is 10.0. The molecule has 3 aromatic carbocycles. The molecule has 3 aromatic rings. The number of carbonyl (C=O) groups excluding carboxylic acids is 8. The van der Waals surface area contributed by atoms with Gasteiger partial charge in [0.2, 0.25) is 47.3 Å². The van der Waals surface area contributed by atoms with Crippen LogP contribution in [-0.2, 0) is 57.7 Å². The number of hydrogen-bond donors (Lipinski definition) is 8. The van der Waals surface area contributed by atoms with E-state index in [4.69, 9.17) is 17.2 Å². The molecule has 8 amide bonds. The van der Waals surface area contributed by atoms with Gasteiger partial charge in [-0.3, -0.25) is 43.3 Å². The Bertz CT molecular complexity index is 2320. The summed E-state index contributed by atoms with van der Waals surface area (Å²) in [5.74, 6) is -5.29. The van der Waals surface area contributed by atoms with Crippen molar-refractivity contribution in [2.24, 2.45) is 22.2 Å². The third-order valence-corrected chi connectivity index (χ3v) is 12.5. The van der Waals surface area contributed by atoms with Crippen molar-refractivity contribution in [3.8, 4) is 0 Å². The predicted molar refractivity (Wildman–Crippen MR) is 256 cm³/mol. The van der Waals surface area contributed by atoms with E-state index in [9.17, 15) is 38.4 Å². The molecular weight excluding hydrogens is 885 g/mol. The van der Waals surface area contributed by atoms with Gasteiger partial charge in [0.05, 0.1) is 6.54 Å². The molecular formula is C49H64N12O8. The van der Waals surface area contributed by atoms with E-state index in [2.05, 4.69) is 31.6 Å². The number of hydrogen-bond acceptors (Lipinski definition) is 10. The van der Waals surface area contributed by atoms with Crippen molar-refractivity contribution in [3.05, 3.63) is 108 Å². The maximum absolute atomic E-state index is 14.8. The standard InChI is InChI=1S/C49H64N12O8/c1-31-42(63)57-37(27-33-16-7-3-8-17-33)47(68)61-25-13-22-40(61)48(69)60-24-12-21-39(60)45(66)56-35(20-11-23-53-49(51)52)46(67)59(29-34-18-9-4-10-19-34)30-41(62)55-36(26-32-14-5-2-6-15-32)43(64)58-38(28-50)44(65)54-31/h2-10,14-19,31,35-40H,11-13,20-30,50H2,1H3,(H,54,65)(H,55,62)(H,56,66)(H,57,63)(H,58,64)(H4,51,52,53)/t31-,35-,36-,37-,38-,39-,40+/m0/s1. The summed E-state index contributed by atoms with van der Waals surface area (Å²) < 4.78 is 0.